The van der Waals surface area contributed by atoms with Crippen molar-refractivity contribution in [3.05, 3.63) is 23.4 Å². The maximum atomic E-state index is 5.61. The van der Waals surface area contributed by atoms with Crippen LogP contribution in [-0.2, 0) is 6.54 Å². The Labute approximate surface area is 92.3 Å². The highest BCUT2D eigenvalue weighted by atomic mass is 15.2. The minimum absolute atomic E-state index is 0.514. The van der Waals surface area contributed by atoms with Crippen molar-refractivity contribution in [2.45, 2.75) is 39.8 Å². The van der Waals surface area contributed by atoms with Gasteiger partial charge in [0.2, 0.25) is 0 Å². The molecular formula is C12H21N3. The van der Waals surface area contributed by atoms with Crippen LogP contribution in [0, 0.1) is 6.92 Å². The zero-order chi connectivity index (χ0) is 11.4. The minimum atomic E-state index is 0.514. The smallest absolute Gasteiger partial charge is 0.128 e. The van der Waals surface area contributed by atoms with Crippen LogP contribution in [0.2, 0.25) is 0 Å². The lowest BCUT2D eigenvalue weighted by Gasteiger charge is -2.25. The van der Waals surface area contributed by atoms with Gasteiger partial charge in [-0.05, 0) is 31.9 Å². The van der Waals surface area contributed by atoms with Crippen molar-refractivity contribution in [2.24, 2.45) is 5.73 Å². The molecule has 0 fully saturated rings. The predicted octanol–water partition coefficient (Wildman–Crippen LogP) is 2.08. The summed E-state index contributed by atoms with van der Waals surface area (Å²) in [5.74, 6) is 1.03. The molecule has 3 heteroatoms. The fourth-order valence-electron chi connectivity index (χ4n) is 1.49. The lowest BCUT2D eigenvalue weighted by Crippen LogP contribution is -2.29. The number of pyridine rings is 1. The van der Waals surface area contributed by atoms with E-state index in [2.05, 4.69) is 36.8 Å². The summed E-state index contributed by atoms with van der Waals surface area (Å²) in [6.07, 6.45) is 1.12. The molecule has 1 atom stereocenters. The van der Waals surface area contributed by atoms with Crippen molar-refractivity contribution in [3.63, 3.8) is 0 Å². The molecule has 84 valence electrons. The topological polar surface area (TPSA) is 42.1 Å². The summed E-state index contributed by atoms with van der Waals surface area (Å²) >= 11 is 0. The Hall–Kier alpha value is -1.09. The molecule has 1 aromatic rings. The van der Waals surface area contributed by atoms with Gasteiger partial charge in [0.15, 0.2) is 0 Å². The van der Waals surface area contributed by atoms with Gasteiger partial charge in [0.1, 0.15) is 5.82 Å². The average Bonchev–Trinajstić information content (AvgIpc) is 2.26. The van der Waals surface area contributed by atoms with Crippen LogP contribution in [0.1, 0.15) is 31.5 Å². The molecule has 1 rings (SSSR count). The number of anilines is 1. The summed E-state index contributed by atoms with van der Waals surface area (Å²) in [5, 5.41) is 0. The molecule has 0 aliphatic heterocycles. The number of rotatable bonds is 4. The summed E-state index contributed by atoms with van der Waals surface area (Å²) in [6, 6.07) is 4.62. The zero-order valence-electron chi connectivity index (χ0n) is 10.1. The average molecular weight is 207 g/mol. The number of nitrogens with two attached hydrogens (primary N) is 1. The normalized spacial score (nSPS) is 12.6. The van der Waals surface area contributed by atoms with Gasteiger partial charge in [0, 0.05) is 25.3 Å². The molecule has 0 radical (unpaired) electrons. The van der Waals surface area contributed by atoms with E-state index in [4.69, 9.17) is 5.73 Å². The number of aromatic nitrogens is 1. The monoisotopic (exact) mass is 207 g/mol. The standard InChI is InChI=1S/C12H21N3/c1-5-9(2)15(4)12-7-6-11(8-13)10(3)14-12/h6-7,9H,5,8,13H2,1-4H3. The first-order valence-corrected chi connectivity index (χ1v) is 5.49. The second-order valence-electron chi connectivity index (χ2n) is 3.99. The zero-order valence-corrected chi connectivity index (χ0v) is 10.1. The third-order valence-corrected chi connectivity index (χ3v) is 3.01. The maximum Gasteiger partial charge on any atom is 0.128 e. The Balaban J connectivity index is 2.92. The summed E-state index contributed by atoms with van der Waals surface area (Å²) in [5.41, 5.74) is 7.76. The van der Waals surface area contributed by atoms with E-state index < -0.39 is 0 Å². The van der Waals surface area contributed by atoms with Gasteiger partial charge in [-0.2, -0.15) is 0 Å². The van der Waals surface area contributed by atoms with E-state index in [1.54, 1.807) is 0 Å². The van der Waals surface area contributed by atoms with E-state index in [9.17, 15) is 0 Å². The van der Waals surface area contributed by atoms with Crippen molar-refractivity contribution in [2.75, 3.05) is 11.9 Å². The third-order valence-electron chi connectivity index (χ3n) is 3.01. The molecule has 0 amide bonds. The third kappa shape index (κ3) is 2.69. The van der Waals surface area contributed by atoms with Gasteiger partial charge in [0.05, 0.1) is 0 Å². The summed E-state index contributed by atoms with van der Waals surface area (Å²) in [6.45, 7) is 6.96. The van der Waals surface area contributed by atoms with Crippen molar-refractivity contribution < 1.29 is 0 Å². The summed E-state index contributed by atoms with van der Waals surface area (Å²) in [4.78, 5) is 6.76. The van der Waals surface area contributed by atoms with Crippen molar-refractivity contribution in [1.29, 1.82) is 0 Å². The largest absolute Gasteiger partial charge is 0.357 e. The van der Waals surface area contributed by atoms with Gasteiger partial charge in [-0.3, -0.25) is 0 Å². The lowest BCUT2D eigenvalue weighted by atomic mass is 10.2. The molecule has 15 heavy (non-hydrogen) atoms. The Morgan fingerprint density at radius 2 is 2.13 bits per heavy atom. The highest BCUT2D eigenvalue weighted by Crippen LogP contribution is 2.16. The first kappa shape index (κ1) is 12.0. The van der Waals surface area contributed by atoms with Crippen molar-refractivity contribution >= 4 is 5.82 Å². The van der Waals surface area contributed by atoms with Crippen LogP contribution in [0.25, 0.3) is 0 Å². The van der Waals surface area contributed by atoms with Gasteiger partial charge in [-0.1, -0.05) is 13.0 Å². The van der Waals surface area contributed by atoms with Crippen LogP contribution < -0.4 is 10.6 Å². The highest BCUT2D eigenvalue weighted by molar-refractivity contribution is 5.41. The SMILES string of the molecule is CCC(C)N(C)c1ccc(CN)c(C)n1. The number of aryl methyl sites for hydroxylation is 1. The Morgan fingerprint density at radius 1 is 1.47 bits per heavy atom. The van der Waals surface area contributed by atoms with E-state index in [0.717, 1.165) is 23.5 Å². The summed E-state index contributed by atoms with van der Waals surface area (Å²) in [7, 11) is 2.08. The highest BCUT2D eigenvalue weighted by Gasteiger charge is 2.09. The first-order valence-electron chi connectivity index (χ1n) is 5.49. The van der Waals surface area contributed by atoms with E-state index in [0.29, 0.717) is 12.6 Å². The first-order chi connectivity index (χ1) is 7.10. The molecule has 0 saturated carbocycles. The van der Waals surface area contributed by atoms with Crippen LogP contribution in [0.15, 0.2) is 12.1 Å². The Kier molecular flexibility index (Phi) is 4.09. The molecule has 1 heterocycles. The molecule has 1 aromatic heterocycles. The van der Waals surface area contributed by atoms with Crippen molar-refractivity contribution in [3.8, 4) is 0 Å². The van der Waals surface area contributed by atoms with Crippen LogP contribution in [0.5, 0.6) is 0 Å². The van der Waals surface area contributed by atoms with E-state index in [1.165, 1.54) is 0 Å². The molecule has 0 aromatic carbocycles. The van der Waals surface area contributed by atoms with Gasteiger partial charge < -0.3 is 10.6 Å². The number of hydrogen-bond donors (Lipinski definition) is 1. The Morgan fingerprint density at radius 3 is 2.60 bits per heavy atom. The van der Waals surface area contributed by atoms with Crippen LogP contribution in [0.3, 0.4) is 0 Å². The second-order valence-corrected chi connectivity index (χ2v) is 3.99. The van der Waals surface area contributed by atoms with E-state index >= 15 is 0 Å². The molecule has 2 N–H and O–H groups in total. The molecule has 1 unspecified atom stereocenters. The quantitative estimate of drug-likeness (QED) is 0.822. The van der Waals surface area contributed by atoms with Gasteiger partial charge >= 0.3 is 0 Å². The van der Waals surface area contributed by atoms with Crippen LogP contribution in [-0.4, -0.2) is 18.1 Å². The molecule has 0 bridgehead atoms. The number of nitrogens with zero attached hydrogens (tertiary/aromatic N) is 2. The Bertz CT molecular complexity index is 323. The fourth-order valence-corrected chi connectivity index (χ4v) is 1.49. The molecule has 0 spiro atoms. The number of hydrogen-bond acceptors (Lipinski definition) is 3. The molecule has 3 nitrogen and oxygen atoms in total. The lowest BCUT2D eigenvalue weighted by molar-refractivity contribution is 0.655. The van der Waals surface area contributed by atoms with Crippen LogP contribution >= 0.6 is 0 Å². The van der Waals surface area contributed by atoms with Crippen LogP contribution in [0.4, 0.5) is 5.82 Å². The van der Waals surface area contributed by atoms with Crippen molar-refractivity contribution in [1.82, 2.24) is 4.98 Å². The van der Waals surface area contributed by atoms with Gasteiger partial charge in [0.25, 0.3) is 0 Å². The summed E-state index contributed by atoms with van der Waals surface area (Å²) < 4.78 is 0. The molecule has 0 saturated heterocycles. The van der Waals surface area contributed by atoms with E-state index in [1.807, 2.05) is 13.0 Å². The second kappa shape index (κ2) is 5.12. The molecular weight excluding hydrogens is 186 g/mol. The minimum Gasteiger partial charge on any atom is -0.357 e. The van der Waals surface area contributed by atoms with E-state index in [-0.39, 0.29) is 0 Å². The molecule has 0 aliphatic rings. The van der Waals surface area contributed by atoms with Gasteiger partial charge in [-0.25, -0.2) is 4.98 Å². The predicted molar refractivity (Wildman–Crippen MR) is 65.0 cm³/mol. The maximum absolute atomic E-state index is 5.61. The van der Waals surface area contributed by atoms with Gasteiger partial charge in [-0.15, -0.1) is 0 Å². The molecule has 0 aliphatic carbocycles. The fraction of sp³-hybridized carbons (Fsp3) is 0.583.